The number of rotatable bonds is 55. The quantitative estimate of drug-likeness (QED) is 0.0264. The Balaban J connectivity index is 4.13. The molecule has 0 radical (unpaired) electrons. The highest BCUT2D eigenvalue weighted by atomic mass is 31.2. The number of nitrogens with two attached hydrogens (primary N) is 1. The molecule has 0 amide bonds. The SMILES string of the molecule is CC/C=C\C/C=C\C/C=C\C/C=C\C/C=C\C/C=C\C/C=C\C/C=C\C/C=C\C/C=C\C/C=C\CCCCCC(=O)OC(COC(=O)CCCCCCCCC/C=C\C/C=C\C/C=C\C/C=C\C/C=C\CC)COP(=O)(O)OCCN. The largest absolute Gasteiger partial charge is 0.472 e. The maximum atomic E-state index is 12.7. The van der Waals surface area contributed by atoms with Gasteiger partial charge in [-0.25, -0.2) is 4.57 Å². The number of carbonyl (C=O) groups excluding carboxylic acids is 2. The summed E-state index contributed by atoms with van der Waals surface area (Å²) in [6, 6.07) is 0. The van der Waals surface area contributed by atoms with Crippen LogP contribution in [0.2, 0.25) is 0 Å². The lowest BCUT2D eigenvalue weighted by atomic mass is 10.1. The molecule has 2 unspecified atom stereocenters. The van der Waals surface area contributed by atoms with Gasteiger partial charge in [-0.15, -0.1) is 0 Å². The molecule has 0 saturated heterocycles. The Kier molecular flexibility index (Phi) is 60.0. The van der Waals surface area contributed by atoms with E-state index in [9.17, 15) is 19.0 Å². The fourth-order valence-electron chi connectivity index (χ4n) is 7.49. The van der Waals surface area contributed by atoms with Crippen LogP contribution >= 0.6 is 7.82 Å². The Bertz CT molecular complexity index is 2020. The van der Waals surface area contributed by atoms with Gasteiger partial charge >= 0.3 is 19.8 Å². The van der Waals surface area contributed by atoms with E-state index in [2.05, 4.69) is 208 Å². The molecule has 452 valence electrons. The maximum absolute atomic E-state index is 12.7. The first-order chi connectivity index (χ1) is 39.8. The van der Waals surface area contributed by atoms with Gasteiger partial charge in [0.15, 0.2) is 6.10 Å². The van der Waals surface area contributed by atoms with Gasteiger partial charge in [0.25, 0.3) is 0 Å². The lowest BCUT2D eigenvalue weighted by molar-refractivity contribution is -0.161. The molecule has 0 spiro atoms. The van der Waals surface area contributed by atoms with Crippen LogP contribution < -0.4 is 5.73 Å². The van der Waals surface area contributed by atoms with Gasteiger partial charge in [0, 0.05) is 19.4 Å². The highest BCUT2D eigenvalue weighted by Crippen LogP contribution is 2.43. The summed E-state index contributed by atoms with van der Waals surface area (Å²) in [5.41, 5.74) is 5.38. The molecule has 0 aromatic rings. The molecule has 81 heavy (non-hydrogen) atoms. The second-order valence-corrected chi connectivity index (χ2v) is 20.9. The van der Waals surface area contributed by atoms with Crippen LogP contribution in [0.25, 0.3) is 0 Å². The topological polar surface area (TPSA) is 134 Å². The maximum Gasteiger partial charge on any atom is 0.472 e. The first-order valence-corrected chi connectivity index (χ1v) is 32.4. The van der Waals surface area contributed by atoms with Crippen LogP contribution in [0, 0.1) is 0 Å². The molecule has 0 saturated carbocycles. The van der Waals surface area contributed by atoms with E-state index in [0.717, 1.165) is 148 Å². The Morgan fingerprint density at radius 2 is 0.642 bits per heavy atom. The molecule has 9 nitrogen and oxygen atoms in total. The van der Waals surface area contributed by atoms with E-state index in [1.807, 2.05) is 0 Å². The van der Waals surface area contributed by atoms with Crippen LogP contribution in [0.4, 0.5) is 0 Å². The van der Waals surface area contributed by atoms with Gasteiger partial charge in [-0.3, -0.25) is 18.6 Å². The molecule has 2 atom stereocenters. The zero-order valence-corrected chi connectivity index (χ0v) is 51.3. The lowest BCUT2D eigenvalue weighted by Gasteiger charge is -2.19. The van der Waals surface area contributed by atoms with Gasteiger partial charge in [-0.1, -0.05) is 247 Å². The van der Waals surface area contributed by atoms with Crippen LogP contribution in [0.3, 0.4) is 0 Å². The van der Waals surface area contributed by atoms with Gasteiger partial charge in [0.2, 0.25) is 0 Å². The fraction of sp³-hybridized carbons (Fsp3) is 0.521. The van der Waals surface area contributed by atoms with E-state index in [1.54, 1.807) is 0 Å². The molecule has 0 bridgehead atoms. The summed E-state index contributed by atoms with van der Waals surface area (Å²) >= 11 is 0. The molecule has 0 aliphatic heterocycles. The van der Waals surface area contributed by atoms with Gasteiger partial charge < -0.3 is 20.1 Å². The molecule has 0 rings (SSSR count). The average Bonchev–Trinajstić information content (AvgIpc) is 3.46. The average molecular weight is 1140 g/mol. The lowest BCUT2D eigenvalue weighted by Crippen LogP contribution is -2.29. The van der Waals surface area contributed by atoms with E-state index in [-0.39, 0.29) is 32.6 Å². The van der Waals surface area contributed by atoms with E-state index in [1.165, 1.54) is 19.3 Å². The second-order valence-electron chi connectivity index (χ2n) is 19.5. The van der Waals surface area contributed by atoms with Crippen LogP contribution in [0.5, 0.6) is 0 Å². The third-order valence-electron chi connectivity index (χ3n) is 12.0. The summed E-state index contributed by atoms with van der Waals surface area (Å²) in [4.78, 5) is 35.2. The summed E-state index contributed by atoms with van der Waals surface area (Å²) in [5, 5.41) is 0. The van der Waals surface area contributed by atoms with Crippen molar-refractivity contribution in [3.8, 4) is 0 Å². The fourth-order valence-corrected chi connectivity index (χ4v) is 8.25. The second kappa shape index (κ2) is 64.0. The van der Waals surface area contributed by atoms with E-state index < -0.39 is 32.5 Å². The number of phosphoric acid groups is 1. The Morgan fingerprint density at radius 3 is 0.963 bits per heavy atom. The minimum atomic E-state index is -4.42. The zero-order valence-electron chi connectivity index (χ0n) is 50.4. The first kappa shape index (κ1) is 75.8. The third-order valence-corrected chi connectivity index (χ3v) is 13.0. The number of ether oxygens (including phenoxy) is 2. The zero-order chi connectivity index (χ0) is 58.7. The molecule has 0 aliphatic rings. The summed E-state index contributed by atoms with van der Waals surface area (Å²) < 4.78 is 33.0. The molecule has 0 aromatic heterocycles. The number of allylic oxidation sites excluding steroid dienone is 32. The molecule has 3 N–H and O–H groups in total. The molecule has 0 aromatic carbocycles. The van der Waals surface area contributed by atoms with Crippen LogP contribution in [0.15, 0.2) is 194 Å². The molecule has 10 heteroatoms. The van der Waals surface area contributed by atoms with Crippen molar-refractivity contribution in [1.29, 1.82) is 0 Å². The van der Waals surface area contributed by atoms with Crippen LogP contribution in [0.1, 0.15) is 206 Å². The smallest absolute Gasteiger partial charge is 0.462 e. The van der Waals surface area contributed by atoms with Crippen LogP contribution in [-0.4, -0.2) is 49.3 Å². The van der Waals surface area contributed by atoms with Crippen molar-refractivity contribution >= 4 is 19.8 Å². The van der Waals surface area contributed by atoms with Crippen molar-refractivity contribution in [2.45, 2.75) is 213 Å². The van der Waals surface area contributed by atoms with Crippen LogP contribution in [-0.2, 0) is 32.7 Å². The predicted molar refractivity (Wildman–Crippen MR) is 348 cm³/mol. The summed E-state index contributed by atoms with van der Waals surface area (Å²) in [5.74, 6) is -0.897. The first-order valence-electron chi connectivity index (χ1n) is 30.9. The minimum absolute atomic E-state index is 0.0345. The highest BCUT2D eigenvalue weighted by molar-refractivity contribution is 7.47. The molecule has 0 aliphatic carbocycles. The molecular formula is C71H110NO8P. The number of carbonyl (C=O) groups is 2. The Hall–Kier alpha value is -5.15. The molecule has 0 heterocycles. The normalized spacial score (nSPS) is 14.4. The summed E-state index contributed by atoms with van der Waals surface area (Å²) in [6.45, 7) is 3.43. The number of hydrogen-bond acceptors (Lipinski definition) is 8. The summed E-state index contributed by atoms with van der Waals surface area (Å²) in [6.07, 6.45) is 97.7. The van der Waals surface area contributed by atoms with Crippen molar-refractivity contribution in [2.75, 3.05) is 26.4 Å². The number of phosphoric ester groups is 1. The molecular weight excluding hydrogens is 1030 g/mol. The number of unbranched alkanes of at least 4 members (excludes halogenated alkanes) is 10. The number of esters is 2. The van der Waals surface area contributed by atoms with Crippen molar-refractivity contribution in [3.05, 3.63) is 194 Å². The summed E-state index contributed by atoms with van der Waals surface area (Å²) in [7, 11) is -4.42. The van der Waals surface area contributed by atoms with E-state index in [4.69, 9.17) is 24.3 Å². The Morgan fingerprint density at radius 1 is 0.370 bits per heavy atom. The van der Waals surface area contributed by atoms with E-state index >= 15 is 0 Å². The van der Waals surface area contributed by atoms with E-state index in [0.29, 0.717) is 12.8 Å². The third kappa shape index (κ3) is 63.9. The highest BCUT2D eigenvalue weighted by Gasteiger charge is 2.26. The van der Waals surface area contributed by atoms with Gasteiger partial charge in [0.1, 0.15) is 6.61 Å². The standard InChI is InChI=1S/C71H110NO8P/c1-3-5-7-9-11-13-15-17-19-21-23-25-27-28-29-30-31-32-33-34-35-36-37-38-39-40-42-44-46-48-50-52-54-56-58-60-62-64-71(74)80-69(68-79-81(75,76)78-66-65-72)67-77-70(73)63-61-59-57-55-53-51-49-47-45-43-41-26-24-22-20-18-16-14-12-10-8-6-4-2/h5-8,11-14,17-20,23-26,28-29,31-32,34-35,37-38,40,42-43,45-46,48,52,54,69H,3-4,9-10,15-16,21-22,27,30,33,36,39,41,44,47,49-51,53,55-68,72H2,1-2H3,(H,75,76)/b7-5-,8-6-,13-11-,14-12-,19-17-,20-18-,25-23-,26-24-,29-28-,32-31-,35-34-,38-37-,42-40-,45-43-,48-46-,54-52-. The monoisotopic (exact) mass is 1140 g/mol. The van der Waals surface area contributed by atoms with Gasteiger partial charge in [-0.05, 0) is 141 Å². The van der Waals surface area contributed by atoms with Crippen molar-refractivity contribution in [3.63, 3.8) is 0 Å². The van der Waals surface area contributed by atoms with Crippen molar-refractivity contribution < 1.29 is 37.6 Å². The number of hydrogen-bond donors (Lipinski definition) is 2. The van der Waals surface area contributed by atoms with Gasteiger partial charge in [0.05, 0.1) is 13.2 Å². The minimum Gasteiger partial charge on any atom is -0.462 e. The van der Waals surface area contributed by atoms with Crippen molar-refractivity contribution in [2.24, 2.45) is 5.73 Å². The molecule has 0 fully saturated rings. The predicted octanol–water partition coefficient (Wildman–Crippen LogP) is 20.2. The van der Waals surface area contributed by atoms with Gasteiger partial charge in [-0.2, -0.15) is 0 Å². The Labute approximate surface area is 494 Å². The van der Waals surface area contributed by atoms with Crippen molar-refractivity contribution in [1.82, 2.24) is 0 Å².